The number of hydrogen-bond acceptors (Lipinski definition) is 3. The molecule has 19 heavy (non-hydrogen) atoms. The molecule has 5 heteroatoms. The molecular weight excluding hydrogens is 244 g/mol. The van der Waals surface area contributed by atoms with Gasteiger partial charge in [0.1, 0.15) is 5.69 Å². The smallest absolute Gasteiger partial charge is 0.293 e. The van der Waals surface area contributed by atoms with E-state index in [0.29, 0.717) is 11.6 Å². The second-order valence-corrected chi connectivity index (χ2v) is 5.14. The number of fused-ring (bicyclic) bond motifs is 1. The first-order valence-corrected chi connectivity index (χ1v) is 6.59. The van der Waals surface area contributed by atoms with E-state index in [2.05, 4.69) is 12.2 Å². The van der Waals surface area contributed by atoms with Gasteiger partial charge in [-0.15, -0.1) is 0 Å². The summed E-state index contributed by atoms with van der Waals surface area (Å²) < 4.78 is 0. The first-order chi connectivity index (χ1) is 9.01. The SMILES string of the molecule is CCCC1Cc2cc(NC(C)=O)c([N+](=O)[O-])cc2C1. The summed E-state index contributed by atoms with van der Waals surface area (Å²) in [6, 6.07) is 3.39. The standard InChI is InChI=1S/C14H18N2O3/c1-3-4-10-5-11-7-13(15-9(2)17)14(16(18)19)8-12(11)6-10/h7-8,10H,3-6H2,1-2H3,(H,15,17). The molecule has 1 N–H and O–H groups in total. The van der Waals surface area contributed by atoms with E-state index in [0.717, 1.165) is 36.8 Å². The molecule has 0 saturated carbocycles. The van der Waals surface area contributed by atoms with Gasteiger partial charge in [0, 0.05) is 13.0 Å². The van der Waals surface area contributed by atoms with Crippen molar-refractivity contribution in [1.29, 1.82) is 0 Å². The van der Waals surface area contributed by atoms with Gasteiger partial charge in [0.25, 0.3) is 5.69 Å². The second-order valence-electron chi connectivity index (χ2n) is 5.14. The van der Waals surface area contributed by atoms with E-state index in [4.69, 9.17) is 0 Å². The Morgan fingerprint density at radius 1 is 1.42 bits per heavy atom. The molecule has 0 fully saturated rings. The fraction of sp³-hybridized carbons (Fsp3) is 0.500. The van der Waals surface area contributed by atoms with Crippen LogP contribution in [-0.4, -0.2) is 10.8 Å². The highest BCUT2D eigenvalue weighted by molar-refractivity contribution is 5.91. The average molecular weight is 262 g/mol. The van der Waals surface area contributed by atoms with Crippen molar-refractivity contribution in [3.63, 3.8) is 0 Å². The molecule has 1 aliphatic carbocycles. The van der Waals surface area contributed by atoms with Crippen LogP contribution in [0.2, 0.25) is 0 Å². The van der Waals surface area contributed by atoms with Crippen molar-refractivity contribution in [3.8, 4) is 0 Å². The fourth-order valence-electron chi connectivity index (χ4n) is 2.80. The van der Waals surface area contributed by atoms with Crippen molar-refractivity contribution in [1.82, 2.24) is 0 Å². The minimum absolute atomic E-state index is 0.00824. The largest absolute Gasteiger partial charge is 0.321 e. The molecule has 0 radical (unpaired) electrons. The summed E-state index contributed by atoms with van der Waals surface area (Å²) >= 11 is 0. The van der Waals surface area contributed by atoms with Gasteiger partial charge in [-0.2, -0.15) is 0 Å². The summed E-state index contributed by atoms with van der Waals surface area (Å²) in [7, 11) is 0. The molecule has 0 bridgehead atoms. The van der Waals surface area contributed by atoms with Crippen LogP contribution in [0.3, 0.4) is 0 Å². The molecule has 1 unspecified atom stereocenters. The molecular formula is C14H18N2O3. The Kier molecular flexibility index (Phi) is 3.83. The minimum Gasteiger partial charge on any atom is -0.321 e. The monoisotopic (exact) mass is 262 g/mol. The zero-order chi connectivity index (χ0) is 14.0. The maximum atomic E-state index is 11.1. The molecule has 1 aromatic rings. The third-order valence-corrected chi connectivity index (χ3v) is 3.54. The van der Waals surface area contributed by atoms with Crippen LogP contribution in [0.25, 0.3) is 0 Å². The van der Waals surface area contributed by atoms with Crippen LogP contribution in [-0.2, 0) is 17.6 Å². The van der Waals surface area contributed by atoms with Crippen molar-refractivity contribution in [2.75, 3.05) is 5.32 Å². The van der Waals surface area contributed by atoms with Gasteiger partial charge in [-0.25, -0.2) is 0 Å². The number of benzene rings is 1. The Morgan fingerprint density at radius 2 is 2.05 bits per heavy atom. The number of carbonyl (C=O) groups excluding carboxylic acids is 1. The lowest BCUT2D eigenvalue weighted by Crippen LogP contribution is -2.08. The molecule has 5 nitrogen and oxygen atoms in total. The summed E-state index contributed by atoms with van der Waals surface area (Å²) in [6.07, 6.45) is 4.12. The first kappa shape index (κ1) is 13.5. The maximum Gasteiger partial charge on any atom is 0.293 e. The third-order valence-electron chi connectivity index (χ3n) is 3.54. The topological polar surface area (TPSA) is 72.2 Å². The number of rotatable bonds is 4. The van der Waals surface area contributed by atoms with Gasteiger partial charge >= 0.3 is 0 Å². The fourth-order valence-corrected chi connectivity index (χ4v) is 2.80. The van der Waals surface area contributed by atoms with Crippen LogP contribution in [0.15, 0.2) is 12.1 Å². The number of nitro benzene ring substituents is 1. The summed E-state index contributed by atoms with van der Waals surface area (Å²) in [5.74, 6) is 0.290. The number of anilines is 1. The van der Waals surface area contributed by atoms with E-state index in [-0.39, 0.29) is 11.6 Å². The van der Waals surface area contributed by atoms with Gasteiger partial charge in [0.05, 0.1) is 4.92 Å². The lowest BCUT2D eigenvalue weighted by Gasteiger charge is -2.06. The summed E-state index contributed by atoms with van der Waals surface area (Å²) in [4.78, 5) is 21.8. The number of nitrogens with one attached hydrogen (secondary N) is 1. The molecule has 0 spiro atoms. The number of amides is 1. The van der Waals surface area contributed by atoms with Gasteiger partial charge in [-0.05, 0) is 36.0 Å². The number of hydrogen-bond donors (Lipinski definition) is 1. The Labute approximate surface area is 112 Å². The summed E-state index contributed by atoms with van der Waals surface area (Å²) in [6.45, 7) is 3.50. The minimum atomic E-state index is -0.432. The second kappa shape index (κ2) is 5.38. The van der Waals surface area contributed by atoms with E-state index >= 15 is 0 Å². The van der Waals surface area contributed by atoms with Crippen LogP contribution in [0.4, 0.5) is 11.4 Å². The van der Waals surface area contributed by atoms with Crippen LogP contribution in [0.1, 0.15) is 37.8 Å². The normalized spacial score (nSPS) is 17.1. The number of carbonyl (C=O) groups is 1. The highest BCUT2D eigenvalue weighted by atomic mass is 16.6. The number of nitrogens with zero attached hydrogens (tertiary/aromatic N) is 1. The predicted molar refractivity (Wildman–Crippen MR) is 73.2 cm³/mol. The highest BCUT2D eigenvalue weighted by Crippen LogP contribution is 2.36. The van der Waals surface area contributed by atoms with Crippen LogP contribution in [0, 0.1) is 16.0 Å². The Hall–Kier alpha value is -1.91. The first-order valence-electron chi connectivity index (χ1n) is 6.59. The number of nitro groups is 1. The summed E-state index contributed by atoms with van der Waals surface area (Å²) in [5, 5.41) is 13.6. The highest BCUT2D eigenvalue weighted by Gasteiger charge is 2.26. The predicted octanol–water partition coefficient (Wildman–Crippen LogP) is 3.07. The Balaban J connectivity index is 2.34. The van der Waals surface area contributed by atoms with Crippen molar-refractivity contribution in [3.05, 3.63) is 33.4 Å². The molecule has 102 valence electrons. The quantitative estimate of drug-likeness (QED) is 0.669. The average Bonchev–Trinajstić information content (AvgIpc) is 2.68. The van der Waals surface area contributed by atoms with Crippen molar-refractivity contribution >= 4 is 17.3 Å². The van der Waals surface area contributed by atoms with Gasteiger partial charge in [-0.1, -0.05) is 19.8 Å². The van der Waals surface area contributed by atoms with E-state index in [1.807, 2.05) is 0 Å². The van der Waals surface area contributed by atoms with Gasteiger partial charge in [-0.3, -0.25) is 14.9 Å². The van der Waals surface area contributed by atoms with E-state index in [1.165, 1.54) is 6.92 Å². The van der Waals surface area contributed by atoms with Crippen molar-refractivity contribution in [2.45, 2.75) is 39.5 Å². The van der Waals surface area contributed by atoms with Crippen LogP contribution < -0.4 is 5.32 Å². The Morgan fingerprint density at radius 3 is 2.58 bits per heavy atom. The molecule has 0 aliphatic heterocycles. The molecule has 0 heterocycles. The van der Waals surface area contributed by atoms with Crippen LogP contribution >= 0.6 is 0 Å². The molecule has 2 rings (SSSR count). The molecule has 1 aromatic carbocycles. The van der Waals surface area contributed by atoms with Gasteiger partial charge in [0.2, 0.25) is 5.91 Å². The van der Waals surface area contributed by atoms with E-state index in [9.17, 15) is 14.9 Å². The van der Waals surface area contributed by atoms with E-state index in [1.54, 1.807) is 12.1 Å². The van der Waals surface area contributed by atoms with Crippen LogP contribution in [0.5, 0.6) is 0 Å². The zero-order valence-electron chi connectivity index (χ0n) is 11.2. The van der Waals surface area contributed by atoms with Crippen molar-refractivity contribution < 1.29 is 9.72 Å². The molecule has 0 aromatic heterocycles. The van der Waals surface area contributed by atoms with Gasteiger partial charge < -0.3 is 5.32 Å². The molecule has 1 atom stereocenters. The lowest BCUT2D eigenvalue weighted by atomic mass is 10.0. The molecule has 0 saturated heterocycles. The Bertz CT molecular complexity index is 526. The zero-order valence-corrected chi connectivity index (χ0v) is 11.2. The molecule has 1 aliphatic rings. The maximum absolute atomic E-state index is 11.1. The lowest BCUT2D eigenvalue weighted by molar-refractivity contribution is -0.384. The van der Waals surface area contributed by atoms with Gasteiger partial charge in [0.15, 0.2) is 0 Å². The van der Waals surface area contributed by atoms with Crippen molar-refractivity contribution in [2.24, 2.45) is 5.92 Å². The summed E-state index contributed by atoms with van der Waals surface area (Å²) in [5.41, 5.74) is 2.49. The van der Waals surface area contributed by atoms with E-state index < -0.39 is 4.92 Å². The third kappa shape index (κ3) is 2.92. The molecule has 1 amide bonds.